The normalized spacial score (nSPS) is 22.3. The average molecular weight is 484 g/mol. The number of hydrogen-bond acceptors (Lipinski definition) is 7. The summed E-state index contributed by atoms with van der Waals surface area (Å²) in [4.78, 5) is 40.7. The second kappa shape index (κ2) is 9.03. The van der Waals surface area contributed by atoms with Gasteiger partial charge in [-0.25, -0.2) is 9.97 Å². The Kier molecular flexibility index (Phi) is 6.07. The third-order valence-electron chi connectivity index (χ3n) is 6.79. The highest BCUT2D eigenvalue weighted by molar-refractivity contribution is 6.30. The molecule has 1 aromatic carbocycles. The van der Waals surface area contributed by atoms with Gasteiger partial charge in [0.25, 0.3) is 0 Å². The van der Waals surface area contributed by atoms with Gasteiger partial charge >= 0.3 is 0 Å². The van der Waals surface area contributed by atoms with Crippen LogP contribution in [0.25, 0.3) is 0 Å². The lowest BCUT2D eigenvalue weighted by atomic mass is 9.96. The number of nitrogens with one attached hydrogen (secondary N) is 2. The second-order valence-electron chi connectivity index (χ2n) is 9.56. The maximum Gasteiger partial charge on any atom is 0.245 e. The summed E-state index contributed by atoms with van der Waals surface area (Å²) in [5.41, 5.74) is 1.82. The summed E-state index contributed by atoms with van der Waals surface area (Å²) in [6.45, 7) is 6.33. The molecule has 180 valence electrons. The Labute approximate surface area is 204 Å². The lowest BCUT2D eigenvalue weighted by Gasteiger charge is -2.39. The van der Waals surface area contributed by atoms with Gasteiger partial charge in [-0.15, -0.1) is 0 Å². The Hall–Kier alpha value is -2.91. The summed E-state index contributed by atoms with van der Waals surface area (Å²) in [7, 11) is 1.88. The number of hydrogen-bond donors (Lipinski definition) is 2. The number of nitrogens with zero attached hydrogens (tertiary/aromatic N) is 5. The zero-order valence-corrected chi connectivity index (χ0v) is 20.4. The zero-order chi connectivity index (χ0) is 24.0. The first-order chi connectivity index (χ1) is 16.3. The average Bonchev–Trinajstić information content (AvgIpc) is 3.60. The first-order valence-corrected chi connectivity index (χ1v) is 12.1. The van der Waals surface area contributed by atoms with Gasteiger partial charge in [-0.1, -0.05) is 37.6 Å². The van der Waals surface area contributed by atoms with Crippen molar-refractivity contribution in [3.05, 3.63) is 41.2 Å². The fourth-order valence-corrected chi connectivity index (χ4v) is 5.13. The van der Waals surface area contributed by atoms with Crippen molar-refractivity contribution >= 4 is 40.7 Å². The van der Waals surface area contributed by atoms with Crippen LogP contribution in [0.3, 0.4) is 0 Å². The Bertz CT molecular complexity index is 1090. The maximum atomic E-state index is 13.8. The summed E-state index contributed by atoms with van der Waals surface area (Å²) in [6.07, 6.45) is 2.40. The first-order valence-electron chi connectivity index (χ1n) is 11.8. The minimum atomic E-state index is -0.263. The van der Waals surface area contributed by atoms with Crippen LogP contribution in [0.5, 0.6) is 0 Å². The third kappa shape index (κ3) is 4.30. The number of carbonyl (C=O) groups excluding carboxylic acids is 2. The highest BCUT2D eigenvalue weighted by Crippen LogP contribution is 2.44. The monoisotopic (exact) mass is 483 g/mol. The number of rotatable bonds is 6. The van der Waals surface area contributed by atoms with Gasteiger partial charge in [-0.3, -0.25) is 9.59 Å². The highest BCUT2D eigenvalue weighted by Gasteiger charge is 2.52. The van der Waals surface area contributed by atoms with E-state index in [1.807, 2.05) is 41.1 Å². The van der Waals surface area contributed by atoms with Gasteiger partial charge in [-0.2, -0.15) is 0 Å². The molecule has 3 atom stereocenters. The maximum absolute atomic E-state index is 13.8. The van der Waals surface area contributed by atoms with Crippen LogP contribution in [-0.4, -0.2) is 78.0 Å². The summed E-state index contributed by atoms with van der Waals surface area (Å²) in [5.74, 6) is 1.17. The van der Waals surface area contributed by atoms with E-state index in [-0.39, 0.29) is 42.4 Å². The highest BCUT2D eigenvalue weighted by atomic mass is 35.5. The van der Waals surface area contributed by atoms with Crippen LogP contribution in [0.4, 0.5) is 17.3 Å². The Morgan fingerprint density at radius 2 is 1.97 bits per heavy atom. The number of piperazine rings is 1. The number of likely N-dealkylation sites (N-methyl/N-ethyl adjacent to an activating group) is 1. The number of benzene rings is 1. The van der Waals surface area contributed by atoms with Crippen LogP contribution in [-0.2, 0) is 9.59 Å². The zero-order valence-electron chi connectivity index (χ0n) is 19.7. The largest absolute Gasteiger partial charge is 0.359 e. The lowest BCUT2D eigenvalue weighted by molar-refractivity contribution is -0.133. The SMILES string of the molecule is CC(C)NC[C@@H](C(=O)N1CCN(c2ncnc3c2N(C)CC(=O)N3)[C@@H]2C[C@@H]21)c1ccc(Cl)cc1. The van der Waals surface area contributed by atoms with E-state index in [1.54, 1.807) is 0 Å². The molecule has 9 nitrogen and oxygen atoms in total. The molecule has 34 heavy (non-hydrogen) atoms. The molecule has 10 heteroatoms. The van der Waals surface area contributed by atoms with Crippen molar-refractivity contribution in [2.75, 3.05) is 48.3 Å². The molecular formula is C24H30ClN7O2. The van der Waals surface area contributed by atoms with Crippen LogP contribution in [0, 0.1) is 0 Å². The molecule has 1 saturated heterocycles. The summed E-state index contributed by atoms with van der Waals surface area (Å²) >= 11 is 6.09. The van der Waals surface area contributed by atoms with Gasteiger partial charge in [0.1, 0.15) is 12.0 Å². The molecule has 3 heterocycles. The molecule has 0 spiro atoms. The van der Waals surface area contributed by atoms with E-state index in [0.29, 0.717) is 30.5 Å². The summed E-state index contributed by atoms with van der Waals surface area (Å²) in [5, 5.41) is 6.95. The fraction of sp³-hybridized carbons (Fsp3) is 0.500. The van der Waals surface area contributed by atoms with E-state index in [9.17, 15) is 9.59 Å². The van der Waals surface area contributed by atoms with Crippen LogP contribution in [0.15, 0.2) is 30.6 Å². The fourth-order valence-electron chi connectivity index (χ4n) is 5.01. The van der Waals surface area contributed by atoms with Crippen molar-refractivity contribution in [2.24, 2.45) is 0 Å². The standard InChI is InChI=1S/C24H30ClN7O2/c1-14(2)26-11-17(15-4-6-16(25)7-5-15)24(34)32-9-8-31(18-10-19(18)32)23-21-22(27-13-28-23)29-20(33)12-30(21)3/h4-7,13-14,17-19,26H,8-12H2,1-3H3,(H,27,28,29,33)/t17-,18-,19+/m1/s1. The summed E-state index contributed by atoms with van der Waals surface area (Å²) in [6, 6.07) is 8.25. The molecule has 0 radical (unpaired) electrons. The van der Waals surface area contributed by atoms with Gasteiger partial charge in [0, 0.05) is 37.7 Å². The Balaban J connectivity index is 1.35. The van der Waals surface area contributed by atoms with Crippen molar-refractivity contribution in [3.8, 4) is 0 Å². The molecule has 3 aliphatic rings. The molecule has 0 bridgehead atoms. The van der Waals surface area contributed by atoms with E-state index < -0.39 is 0 Å². The molecule has 1 saturated carbocycles. The summed E-state index contributed by atoms with van der Waals surface area (Å²) < 4.78 is 0. The molecule has 5 rings (SSSR count). The van der Waals surface area contributed by atoms with Crippen LogP contribution >= 0.6 is 11.6 Å². The van der Waals surface area contributed by atoms with E-state index in [0.717, 1.165) is 23.5 Å². The predicted molar refractivity (Wildman–Crippen MR) is 133 cm³/mol. The quantitative estimate of drug-likeness (QED) is 0.649. The minimum Gasteiger partial charge on any atom is -0.359 e. The second-order valence-corrected chi connectivity index (χ2v) is 10.00. The van der Waals surface area contributed by atoms with Crippen LogP contribution in [0.2, 0.25) is 5.02 Å². The number of halogens is 1. The van der Waals surface area contributed by atoms with Gasteiger partial charge in [-0.05, 0) is 24.1 Å². The molecule has 0 unspecified atom stereocenters. The first kappa shape index (κ1) is 22.9. The predicted octanol–water partition coefficient (Wildman–Crippen LogP) is 2.09. The molecule has 2 N–H and O–H groups in total. The van der Waals surface area contributed by atoms with E-state index >= 15 is 0 Å². The van der Waals surface area contributed by atoms with Crippen molar-refractivity contribution in [1.29, 1.82) is 0 Å². The topological polar surface area (TPSA) is 93.7 Å². The Morgan fingerprint density at radius 3 is 2.71 bits per heavy atom. The molecule has 2 amide bonds. The number of aromatic nitrogens is 2. The van der Waals surface area contributed by atoms with Crippen molar-refractivity contribution in [3.63, 3.8) is 0 Å². The van der Waals surface area contributed by atoms with Crippen LogP contribution in [0.1, 0.15) is 31.7 Å². The molecule has 2 aromatic rings. The van der Waals surface area contributed by atoms with Gasteiger partial charge < -0.3 is 25.3 Å². The smallest absolute Gasteiger partial charge is 0.245 e. The molecule has 2 fully saturated rings. The van der Waals surface area contributed by atoms with Crippen molar-refractivity contribution in [2.45, 2.75) is 44.3 Å². The number of carbonyl (C=O) groups is 2. The minimum absolute atomic E-state index is 0.0809. The van der Waals surface area contributed by atoms with Crippen LogP contribution < -0.4 is 20.4 Å². The molecule has 1 aromatic heterocycles. The van der Waals surface area contributed by atoms with Gasteiger partial charge in [0.15, 0.2) is 11.6 Å². The van der Waals surface area contributed by atoms with Crippen molar-refractivity contribution < 1.29 is 9.59 Å². The molecule has 2 aliphatic heterocycles. The lowest BCUT2D eigenvalue weighted by Crippen LogP contribution is -2.52. The Morgan fingerprint density at radius 1 is 1.21 bits per heavy atom. The van der Waals surface area contributed by atoms with Crippen molar-refractivity contribution in [1.82, 2.24) is 20.2 Å². The van der Waals surface area contributed by atoms with E-state index in [4.69, 9.17) is 11.6 Å². The van der Waals surface area contributed by atoms with Gasteiger partial charge in [0.05, 0.1) is 24.5 Å². The molecule has 1 aliphatic carbocycles. The van der Waals surface area contributed by atoms with E-state index in [2.05, 4.69) is 39.3 Å². The van der Waals surface area contributed by atoms with Gasteiger partial charge in [0.2, 0.25) is 11.8 Å². The molecular weight excluding hydrogens is 454 g/mol. The number of amides is 2. The van der Waals surface area contributed by atoms with E-state index in [1.165, 1.54) is 6.33 Å². The third-order valence-corrected chi connectivity index (χ3v) is 7.04. The number of fused-ring (bicyclic) bond motifs is 2. The number of anilines is 3.